The number of carbonyl (C=O) groups excluding carboxylic acids is 1. The molecule has 0 radical (unpaired) electrons. The van der Waals surface area contributed by atoms with Crippen molar-refractivity contribution in [3.63, 3.8) is 0 Å². The highest BCUT2D eigenvalue weighted by molar-refractivity contribution is 7.92. The number of hydrogen-bond donors (Lipinski definition) is 1. The Morgan fingerprint density at radius 2 is 1.68 bits per heavy atom. The summed E-state index contributed by atoms with van der Waals surface area (Å²) in [4.78, 5) is 12.8. The van der Waals surface area contributed by atoms with Crippen molar-refractivity contribution in [2.75, 3.05) is 11.4 Å². The lowest BCUT2D eigenvalue weighted by molar-refractivity contribution is 0.0935. The number of halogens is 1. The highest BCUT2D eigenvalue weighted by atomic mass is 32.2. The zero-order valence-corrected chi connectivity index (χ0v) is 18.5. The molecule has 31 heavy (non-hydrogen) atoms. The zero-order chi connectivity index (χ0) is 22.6. The molecule has 0 aliphatic carbocycles. The highest BCUT2D eigenvalue weighted by Gasteiger charge is 2.23. The maximum absolute atomic E-state index is 13.2. The van der Waals surface area contributed by atoms with Gasteiger partial charge in [0.15, 0.2) is 0 Å². The standard InChI is InChI=1S/C24H25FN2O3S/c1-4-23(18-10-8-17(2)9-11-18)26-24(28)19-6-5-7-22(16-19)31(29,30)27(3)21-14-12-20(25)13-15-21/h5-16,23H,4H2,1-3H3,(H,26,28)/t23-/m1/s1. The second-order valence-corrected chi connectivity index (χ2v) is 9.29. The smallest absolute Gasteiger partial charge is 0.264 e. The minimum atomic E-state index is -3.92. The van der Waals surface area contributed by atoms with Gasteiger partial charge in [0.25, 0.3) is 15.9 Å². The lowest BCUT2D eigenvalue weighted by atomic mass is 10.0. The van der Waals surface area contributed by atoms with Gasteiger partial charge in [0.1, 0.15) is 5.82 Å². The average Bonchev–Trinajstić information content (AvgIpc) is 2.78. The number of aryl methyl sites for hydroxylation is 1. The van der Waals surface area contributed by atoms with Gasteiger partial charge in [0, 0.05) is 12.6 Å². The fourth-order valence-corrected chi connectivity index (χ4v) is 4.45. The molecule has 0 fully saturated rings. The fourth-order valence-electron chi connectivity index (χ4n) is 3.21. The van der Waals surface area contributed by atoms with E-state index in [1.54, 1.807) is 6.07 Å². The second-order valence-electron chi connectivity index (χ2n) is 7.32. The van der Waals surface area contributed by atoms with Gasteiger partial charge in [-0.15, -0.1) is 0 Å². The molecule has 7 heteroatoms. The van der Waals surface area contributed by atoms with Crippen molar-refractivity contribution in [1.29, 1.82) is 0 Å². The van der Waals surface area contributed by atoms with Crippen LogP contribution in [0.1, 0.15) is 40.9 Å². The molecule has 0 aliphatic rings. The van der Waals surface area contributed by atoms with E-state index in [4.69, 9.17) is 0 Å². The number of nitrogens with zero attached hydrogens (tertiary/aromatic N) is 1. The molecule has 1 N–H and O–H groups in total. The Kier molecular flexibility index (Phi) is 6.75. The van der Waals surface area contributed by atoms with Gasteiger partial charge < -0.3 is 5.32 Å². The quantitative estimate of drug-likeness (QED) is 0.572. The number of benzene rings is 3. The summed E-state index contributed by atoms with van der Waals surface area (Å²) in [6.45, 7) is 3.97. The molecule has 0 aromatic heterocycles. The molecule has 0 saturated heterocycles. The van der Waals surface area contributed by atoms with Crippen LogP contribution in [0.3, 0.4) is 0 Å². The summed E-state index contributed by atoms with van der Waals surface area (Å²) < 4.78 is 40.3. The van der Waals surface area contributed by atoms with E-state index in [0.717, 1.165) is 15.4 Å². The van der Waals surface area contributed by atoms with Crippen molar-refractivity contribution in [2.45, 2.75) is 31.2 Å². The van der Waals surface area contributed by atoms with Gasteiger partial charge >= 0.3 is 0 Å². The fraction of sp³-hybridized carbons (Fsp3) is 0.208. The normalized spacial score (nSPS) is 12.3. The summed E-state index contributed by atoms with van der Waals surface area (Å²) in [5.74, 6) is -0.804. The number of nitrogens with one attached hydrogen (secondary N) is 1. The van der Waals surface area contributed by atoms with Crippen molar-refractivity contribution in [3.8, 4) is 0 Å². The highest BCUT2D eigenvalue weighted by Crippen LogP contribution is 2.24. The summed E-state index contributed by atoms with van der Waals surface area (Å²) in [5, 5.41) is 2.98. The minimum absolute atomic E-state index is 0.0182. The molecule has 0 aliphatic heterocycles. The first kappa shape index (κ1) is 22.5. The van der Waals surface area contributed by atoms with Crippen molar-refractivity contribution < 1.29 is 17.6 Å². The first-order valence-corrected chi connectivity index (χ1v) is 11.4. The lowest BCUT2D eigenvalue weighted by Crippen LogP contribution is -2.29. The van der Waals surface area contributed by atoms with E-state index in [1.165, 1.54) is 49.5 Å². The summed E-state index contributed by atoms with van der Waals surface area (Å²) in [6, 6.07) is 18.8. The van der Waals surface area contributed by atoms with Crippen LogP contribution in [0.15, 0.2) is 77.7 Å². The van der Waals surface area contributed by atoms with Crippen molar-refractivity contribution in [1.82, 2.24) is 5.32 Å². The molecule has 0 unspecified atom stereocenters. The van der Waals surface area contributed by atoms with E-state index < -0.39 is 15.8 Å². The Morgan fingerprint density at radius 3 is 2.29 bits per heavy atom. The van der Waals surface area contributed by atoms with E-state index in [2.05, 4.69) is 5.32 Å². The van der Waals surface area contributed by atoms with Gasteiger partial charge in [-0.2, -0.15) is 0 Å². The summed E-state index contributed by atoms with van der Waals surface area (Å²) in [7, 11) is -2.53. The molecule has 0 spiro atoms. The molecule has 3 rings (SSSR count). The third-order valence-electron chi connectivity index (χ3n) is 5.14. The topological polar surface area (TPSA) is 66.5 Å². The predicted molar refractivity (Wildman–Crippen MR) is 120 cm³/mol. The summed E-state index contributed by atoms with van der Waals surface area (Å²) in [6.07, 6.45) is 0.695. The molecule has 1 atom stereocenters. The average molecular weight is 441 g/mol. The monoisotopic (exact) mass is 440 g/mol. The van der Waals surface area contributed by atoms with E-state index in [0.29, 0.717) is 12.1 Å². The van der Waals surface area contributed by atoms with Crippen LogP contribution in [-0.2, 0) is 10.0 Å². The molecule has 0 bridgehead atoms. The summed E-state index contributed by atoms with van der Waals surface area (Å²) >= 11 is 0. The first-order chi connectivity index (χ1) is 14.7. The van der Waals surface area contributed by atoms with E-state index in [9.17, 15) is 17.6 Å². The largest absolute Gasteiger partial charge is 0.345 e. The first-order valence-electron chi connectivity index (χ1n) is 9.94. The van der Waals surface area contributed by atoms with Crippen LogP contribution in [0, 0.1) is 12.7 Å². The molecule has 0 heterocycles. The Balaban J connectivity index is 1.83. The molecule has 5 nitrogen and oxygen atoms in total. The van der Waals surface area contributed by atoms with Crippen LogP contribution in [0.2, 0.25) is 0 Å². The van der Waals surface area contributed by atoms with Gasteiger partial charge in [0.05, 0.1) is 16.6 Å². The van der Waals surface area contributed by atoms with E-state index in [1.807, 2.05) is 38.1 Å². The molecular formula is C24H25FN2O3S. The van der Waals surface area contributed by atoms with Crippen molar-refractivity contribution >= 4 is 21.6 Å². The van der Waals surface area contributed by atoms with Gasteiger partial charge in [-0.25, -0.2) is 12.8 Å². The van der Waals surface area contributed by atoms with Crippen LogP contribution in [0.25, 0.3) is 0 Å². The minimum Gasteiger partial charge on any atom is -0.345 e. The van der Waals surface area contributed by atoms with Crippen LogP contribution in [0.5, 0.6) is 0 Å². The van der Waals surface area contributed by atoms with Crippen molar-refractivity contribution in [2.24, 2.45) is 0 Å². The Labute approximate surface area is 182 Å². The molecule has 3 aromatic rings. The SMILES string of the molecule is CC[C@@H](NC(=O)c1cccc(S(=O)(=O)N(C)c2ccc(F)cc2)c1)c1ccc(C)cc1. The number of anilines is 1. The van der Waals surface area contributed by atoms with Crippen molar-refractivity contribution in [3.05, 3.63) is 95.3 Å². The van der Waals surface area contributed by atoms with E-state index >= 15 is 0 Å². The molecule has 0 saturated carbocycles. The van der Waals surface area contributed by atoms with Gasteiger partial charge in [-0.05, 0) is 61.4 Å². The third-order valence-corrected chi connectivity index (χ3v) is 6.92. The van der Waals surface area contributed by atoms with Gasteiger partial charge in [0.2, 0.25) is 0 Å². The lowest BCUT2D eigenvalue weighted by Gasteiger charge is -2.20. The third kappa shape index (κ3) is 5.11. The molecular weight excluding hydrogens is 415 g/mol. The Morgan fingerprint density at radius 1 is 1.03 bits per heavy atom. The Bertz CT molecular complexity index is 1160. The predicted octanol–water partition coefficient (Wildman–Crippen LogP) is 4.84. The maximum atomic E-state index is 13.2. The summed E-state index contributed by atoms with van der Waals surface area (Å²) in [5.41, 5.74) is 2.69. The number of hydrogen-bond acceptors (Lipinski definition) is 3. The zero-order valence-electron chi connectivity index (χ0n) is 17.7. The van der Waals surface area contributed by atoms with Crippen LogP contribution < -0.4 is 9.62 Å². The van der Waals surface area contributed by atoms with Crippen LogP contribution >= 0.6 is 0 Å². The van der Waals surface area contributed by atoms with E-state index in [-0.39, 0.29) is 22.4 Å². The Hall–Kier alpha value is -3.19. The van der Waals surface area contributed by atoms with Gasteiger partial charge in [-0.1, -0.05) is 42.8 Å². The van der Waals surface area contributed by atoms with Crippen LogP contribution in [0.4, 0.5) is 10.1 Å². The molecule has 1 amide bonds. The number of sulfonamides is 1. The van der Waals surface area contributed by atoms with Gasteiger partial charge in [-0.3, -0.25) is 9.10 Å². The second kappa shape index (κ2) is 9.31. The molecule has 3 aromatic carbocycles. The van der Waals surface area contributed by atoms with Crippen LogP contribution in [-0.4, -0.2) is 21.4 Å². The molecule has 162 valence electrons. The number of carbonyl (C=O) groups is 1. The maximum Gasteiger partial charge on any atom is 0.264 e. The number of amides is 1. The number of rotatable bonds is 7.